The number of fused-ring (bicyclic) bond motifs is 1. The first kappa shape index (κ1) is 22.0. The average Bonchev–Trinajstić information content (AvgIpc) is 3.61. The fourth-order valence-corrected chi connectivity index (χ4v) is 3.54. The Morgan fingerprint density at radius 1 is 1.06 bits per heavy atom. The molecule has 0 saturated heterocycles. The Bertz CT molecular complexity index is 1490. The third-order valence-electron chi connectivity index (χ3n) is 5.25. The summed E-state index contributed by atoms with van der Waals surface area (Å²) in [6, 6.07) is 16.8. The van der Waals surface area contributed by atoms with Crippen molar-refractivity contribution < 1.29 is 23.3 Å². The van der Waals surface area contributed by atoms with Crippen LogP contribution in [0.5, 0.6) is 0 Å². The number of esters is 1. The molecule has 0 saturated carbocycles. The molecular formula is C24H20N6O5. The number of para-hydroxylation sites is 1. The second kappa shape index (κ2) is 9.59. The van der Waals surface area contributed by atoms with Gasteiger partial charge in [-0.15, -0.1) is 10.2 Å². The number of amides is 1. The number of hydrogen-bond donors (Lipinski definition) is 2. The van der Waals surface area contributed by atoms with Crippen molar-refractivity contribution in [3.8, 4) is 22.7 Å². The molecule has 3 aromatic heterocycles. The summed E-state index contributed by atoms with van der Waals surface area (Å²) in [7, 11) is 0. The molecule has 11 nitrogen and oxygen atoms in total. The topological polar surface area (TPSA) is 149 Å². The summed E-state index contributed by atoms with van der Waals surface area (Å²) in [6.07, 6.45) is -0.0298. The molecule has 35 heavy (non-hydrogen) atoms. The van der Waals surface area contributed by atoms with Gasteiger partial charge in [0.1, 0.15) is 17.0 Å². The van der Waals surface area contributed by atoms with Gasteiger partial charge in [0.05, 0.1) is 11.9 Å². The van der Waals surface area contributed by atoms with E-state index in [1.165, 1.54) is 0 Å². The van der Waals surface area contributed by atoms with Gasteiger partial charge in [0.2, 0.25) is 0 Å². The molecule has 0 spiro atoms. The normalized spacial score (nSPS) is 11.0. The second-order valence-corrected chi connectivity index (χ2v) is 7.61. The number of hydrogen-bond acceptors (Lipinski definition) is 9. The Balaban J connectivity index is 1.15. The summed E-state index contributed by atoms with van der Waals surface area (Å²) in [5.41, 5.74) is 3.03. The Labute approximate surface area is 198 Å². The highest BCUT2D eigenvalue weighted by Crippen LogP contribution is 2.33. The fourth-order valence-electron chi connectivity index (χ4n) is 3.54. The molecule has 0 radical (unpaired) electrons. The number of aromatic amines is 1. The Kier molecular flexibility index (Phi) is 6.03. The van der Waals surface area contributed by atoms with Crippen molar-refractivity contribution >= 4 is 22.8 Å². The van der Waals surface area contributed by atoms with E-state index in [1.54, 1.807) is 13.0 Å². The highest BCUT2D eigenvalue weighted by molar-refractivity contribution is 6.04. The molecule has 11 heteroatoms. The van der Waals surface area contributed by atoms with Crippen LogP contribution in [0, 0.1) is 6.92 Å². The summed E-state index contributed by atoms with van der Waals surface area (Å²) in [4.78, 5) is 24.5. The molecule has 5 aromatic rings. The molecule has 0 fully saturated rings. The van der Waals surface area contributed by atoms with E-state index in [2.05, 4.69) is 30.9 Å². The molecular weight excluding hydrogens is 452 g/mol. The van der Waals surface area contributed by atoms with Gasteiger partial charge in [-0.05, 0) is 13.0 Å². The zero-order valence-corrected chi connectivity index (χ0v) is 18.6. The lowest BCUT2D eigenvalue weighted by atomic mass is 10.1. The summed E-state index contributed by atoms with van der Waals surface area (Å²) < 4.78 is 16.2. The first-order valence-electron chi connectivity index (χ1n) is 10.8. The minimum atomic E-state index is -0.525. The summed E-state index contributed by atoms with van der Waals surface area (Å²) in [6.45, 7) is 1.64. The minimum Gasteiger partial charge on any atom is -0.456 e. The van der Waals surface area contributed by atoms with Crippen LogP contribution >= 0.6 is 0 Å². The van der Waals surface area contributed by atoms with E-state index >= 15 is 0 Å². The average molecular weight is 472 g/mol. The number of aromatic nitrogens is 5. The van der Waals surface area contributed by atoms with Crippen molar-refractivity contribution in [1.29, 1.82) is 0 Å². The lowest BCUT2D eigenvalue weighted by Crippen LogP contribution is -2.27. The minimum absolute atomic E-state index is 0.0298. The number of benzene rings is 2. The maximum absolute atomic E-state index is 12.4. The van der Waals surface area contributed by atoms with Gasteiger partial charge < -0.3 is 19.0 Å². The van der Waals surface area contributed by atoms with Crippen LogP contribution in [0.25, 0.3) is 33.6 Å². The second-order valence-electron chi connectivity index (χ2n) is 7.61. The van der Waals surface area contributed by atoms with E-state index in [0.29, 0.717) is 22.4 Å². The van der Waals surface area contributed by atoms with E-state index in [1.807, 2.05) is 48.5 Å². The van der Waals surface area contributed by atoms with Crippen LogP contribution in [-0.4, -0.2) is 44.0 Å². The molecule has 2 N–H and O–H groups in total. The van der Waals surface area contributed by atoms with Gasteiger partial charge in [-0.25, -0.2) is 0 Å². The SMILES string of the molecule is Cc1onc(-c2ccccc2)c1-c1nnc(COC(=O)CCNC(=O)c2n[nH]c3ccccc23)o1. The summed E-state index contributed by atoms with van der Waals surface area (Å²) >= 11 is 0. The zero-order valence-electron chi connectivity index (χ0n) is 18.6. The van der Waals surface area contributed by atoms with Crippen molar-refractivity contribution in [3.05, 3.63) is 71.9 Å². The highest BCUT2D eigenvalue weighted by Gasteiger charge is 2.22. The fraction of sp³-hybridized carbons (Fsp3) is 0.167. The van der Waals surface area contributed by atoms with Crippen LogP contribution in [0.2, 0.25) is 0 Å². The van der Waals surface area contributed by atoms with Gasteiger partial charge >= 0.3 is 5.97 Å². The number of aryl methyl sites for hydroxylation is 1. The molecule has 0 aliphatic heterocycles. The quantitative estimate of drug-likeness (QED) is 0.324. The van der Waals surface area contributed by atoms with Gasteiger partial charge in [-0.3, -0.25) is 14.7 Å². The Morgan fingerprint density at radius 3 is 2.71 bits per heavy atom. The maximum Gasteiger partial charge on any atom is 0.308 e. The van der Waals surface area contributed by atoms with Gasteiger partial charge in [-0.1, -0.05) is 53.7 Å². The first-order valence-corrected chi connectivity index (χ1v) is 10.8. The molecule has 5 rings (SSSR count). The molecule has 1 amide bonds. The van der Waals surface area contributed by atoms with Gasteiger partial charge in [0.15, 0.2) is 12.3 Å². The Morgan fingerprint density at radius 2 is 1.86 bits per heavy atom. The molecule has 0 bridgehead atoms. The van der Waals surface area contributed by atoms with Crippen LogP contribution in [0.1, 0.15) is 28.6 Å². The third kappa shape index (κ3) is 4.64. The zero-order chi connectivity index (χ0) is 24.2. The predicted octanol–water partition coefficient (Wildman–Crippen LogP) is 3.44. The van der Waals surface area contributed by atoms with Crippen LogP contribution in [0.4, 0.5) is 0 Å². The monoisotopic (exact) mass is 472 g/mol. The first-order chi connectivity index (χ1) is 17.1. The number of nitrogens with one attached hydrogen (secondary N) is 2. The number of rotatable bonds is 8. The lowest BCUT2D eigenvalue weighted by molar-refractivity contribution is -0.145. The largest absolute Gasteiger partial charge is 0.456 e. The Hall–Kier alpha value is -4.80. The van der Waals surface area contributed by atoms with Gasteiger partial charge in [0.25, 0.3) is 17.7 Å². The predicted molar refractivity (Wildman–Crippen MR) is 123 cm³/mol. The smallest absolute Gasteiger partial charge is 0.308 e. The van der Waals surface area contributed by atoms with Crippen molar-refractivity contribution in [2.45, 2.75) is 20.0 Å². The molecule has 0 aliphatic rings. The van der Waals surface area contributed by atoms with E-state index in [-0.39, 0.29) is 43.0 Å². The number of nitrogens with zero attached hydrogens (tertiary/aromatic N) is 4. The number of carbonyl (C=O) groups is 2. The van der Waals surface area contributed by atoms with Crippen molar-refractivity contribution in [2.24, 2.45) is 0 Å². The molecule has 3 heterocycles. The molecule has 176 valence electrons. The van der Waals surface area contributed by atoms with Gasteiger partial charge in [0, 0.05) is 17.5 Å². The highest BCUT2D eigenvalue weighted by atomic mass is 16.5. The van der Waals surface area contributed by atoms with E-state index in [9.17, 15) is 9.59 Å². The number of H-pyrrole nitrogens is 1. The standard InChI is InChI=1S/C24H20N6O5/c1-14-20(21(30-35-14)15-7-3-2-4-8-15)24-29-27-18(34-24)13-33-19(31)11-12-25-23(32)22-16-9-5-6-10-17(16)26-28-22/h2-10H,11-13H2,1H3,(H,25,32)(H,26,28). The van der Waals surface area contributed by atoms with Crippen LogP contribution in [-0.2, 0) is 16.1 Å². The molecule has 0 unspecified atom stereocenters. The summed E-state index contributed by atoms with van der Waals surface area (Å²) in [5, 5.41) is 22.3. The summed E-state index contributed by atoms with van der Waals surface area (Å²) in [5.74, 6) is -0.0400. The molecule has 0 aliphatic carbocycles. The van der Waals surface area contributed by atoms with Crippen LogP contribution in [0.15, 0.2) is 63.5 Å². The molecule has 2 aromatic carbocycles. The third-order valence-corrected chi connectivity index (χ3v) is 5.25. The van der Waals surface area contributed by atoms with Crippen molar-refractivity contribution in [1.82, 2.24) is 30.9 Å². The van der Waals surface area contributed by atoms with Crippen LogP contribution in [0.3, 0.4) is 0 Å². The number of ether oxygens (including phenoxy) is 1. The van der Waals surface area contributed by atoms with E-state index in [4.69, 9.17) is 13.7 Å². The number of carbonyl (C=O) groups excluding carboxylic acids is 2. The van der Waals surface area contributed by atoms with Crippen molar-refractivity contribution in [3.63, 3.8) is 0 Å². The maximum atomic E-state index is 12.4. The van der Waals surface area contributed by atoms with E-state index < -0.39 is 5.97 Å². The molecule has 0 atom stereocenters. The van der Waals surface area contributed by atoms with Gasteiger partial charge in [-0.2, -0.15) is 5.10 Å². The van der Waals surface area contributed by atoms with Crippen molar-refractivity contribution in [2.75, 3.05) is 6.54 Å². The van der Waals surface area contributed by atoms with E-state index in [0.717, 1.165) is 11.1 Å². The van der Waals surface area contributed by atoms with Crippen LogP contribution < -0.4 is 5.32 Å². The lowest BCUT2D eigenvalue weighted by Gasteiger charge is -2.04.